The van der Waals surface area contributed by atoms with Crippen molar-refractivity contribution in [3.8, 4) is 0 Å². The highest BCUT2D eigenvalue weighted by atomic mass is 35.5. The fraction of sp³-hybridized carbons (Fsp3) is 0.250. The van der Waals surface area contributed by atoms with Crippen LogP contribution in [0.4, 0.5) is 4.79 Å². The summed E-state index contributed by atoms with van der Waals surface area (Å²) < 4.78 is 4.83. The van der Waals surface area contributed by atoms with E-state index in [1.807, 2.05) is 0 Å². The molecule has 1 saturated heterocycles. The number of carbonyl (C=O) groups is 3. The molecule has 106 valence electrons. The molecule has 1 fully saturated rings. The van der Waals surface area contributed by atoms with Crippen molar-refractivity contribution in [2.75, 3.05) is 19.7 Å². The average molecular weight is 317 g/mol. The van der Waals surface area contributed by atoms with E-state index in [0.29, 0.717) is 6.54 Å². The first-order chi connectivity index (χ1) is 9.50. The molecule has 3 amide bonds. The molecule has 1 heterocycles. The summed E-state index contributed by atoms with van der Waals surface area (Å²) in [5.41, 5.74) is 0.0674. The predicted molar refractivity (Wildman–Crippen MR) is 71.9 cm³/mol. The minimum Gasteiger partial charge on any atom is -0.452 e. The Morgan fingerprint density at radius 1 is 1.35 bits per heavy atom. The van der Waals surface area contributed by atoms with Crippen molar-refractivity contribution in [1.82, 2.24) is 10.2 Å². The van der Waals surface area contributed by atoms with E-state index in [2.05, 4.69) is 5.32 Å². The maximum absolute atomic E-state index is 11.8. The molecule has 2 rings (SSSR count). The number of halogens is 2. The van der Waals surface area contributed by atoms with Gasteiger partial charge >= 0.3 is 12.0 Å². The Kier molecular flexibility index (Phi) is 4.46. The molecule has 0 radical (unpaired) electrons. The van der Waals surface area contributed by atoms with Gasteiger partial charge in [-0.3, -0.25) is 9.69 Å². The fourth-order valence-electron chi connectivity index (χ4n) is 1.65. The SMILES string of the molecule is O=C(OCC(=O)N1CCNC1=O)c1cccc(Cl)c1Cl. The van der Waals surface area contributed by atoms with E-state index in [9.17, 15) is 14.4 Å². The van der Waals surface area contributed by atoms with Crippen molar-refractivity contribution in [3.63, 3.8) is 0 Å². The van der Waals surface area contributed by atoms with Gasteiger partial charge in [0.05, 0.1) is 15.6 Å². The van der Waals surface area contributed by atoms with Crippen molar-refractivity contribution in [2.45, 2.75) is 0 Å². The molecule has 0 atom stereocenters. The van der Waals surface area contributed by atoms with Crippen LogP contribution < -0.4 is 5.32 Å². The molecule has 8 heteroatoms. The van der Waals surface area contributed by atoms with Crippen molar-refractivity contribution in [2.24, 2.45) is 0 Å². The number of esters is 1. The number of nitrogens with zero attached hydrogens (tertiary/aromatic N) is 1. The monoisotopic (exact) mass is 316 g/mol. The third-order valence-corrected chi connectivity index (χ3v) is 3.47. The Bertz CT molecular complexity index is 577. The van der Waals surface area contributed by atoms with Gasteiger partial charge in [-0.25, -0.2) is 9.59 Å². The molecule has 20 heavy (non-hydrogen) atoms. The van der Waals surface area contributed by atoms with Gasteiger partial charge in [-0.1, -0.05) is 29.3 Å². The Labute approximate surface area is 124 Å². The van der Waals surface area contributed by atoms with Crippen LogP contribution in [0, 0.1) is 0 Å². The second kappa shape index (κ2) is 6.11. The lowest BCUT2D eigenvalue weighted by Gasteiger charge is -2.12. The summed E-state index contributed by atoms with van der Waals surface area (Å²) in [7, 11) is 0. The Morgan fingerprint density at radius 3 is 2.75 bits per heavy atom. The van der Waals surface area contributed by atoms with Crippen LogP contribution in [-0.2, 0) is 9.53 Å². The van der Waals surface area contributed by atoms with Gasteiger partial charge < -0.3 is 10.1 Å². The fourth-order valence-corrected chi connectivity index (χ4v) is 2.03. The number of hydrogen-bond acceptors (Lipinski definition) is 4. The van der Waals surface area contributed by atoms with Gasteiger partial charge in [0.1, 0.15) is 0 Å². The summed E-state index contributed by atoms with van der Waals surface area (Å²) in [6.45, 7) is 0.112. The number of benzene rings is 1. The molecular formula is C12H10Cl2N2O4. The quantitative estimate of drug-likeness (QED) is 0.861. The van der Waals surface area contributed by atoms with Gasteiger partial charge in [0, 0.05) is 13.1 Å². The van der Waals surface area contributed by atoms with Crippen molar-refractivity contribution >= 4 is 41.1 Å². The summed E-state index contributed by atoms with van der Waals surface area (Å²) in [6, 6.07) is 4.01. The lowest BCUT2D eigenvalue weighted by molar-refractivity contribution is -0.130. The summed E-state index contributed by atoms with van der Waals surface area (Å²) in [4.78, 5) is 35.7. The van der Waals surface area contributed by atoms with Gasteiger partial charge in [0.15, 0.2) is 6.61 Å². The van der Waals surface area contributed by atoms with Gasteiger partial charge in [0.25, 0.3) is 5.91 Å². The first kappa shape index (κ1) is 14.6. The van der Waals surface area contributed by atoms with E-state index < -0.39 is 24.5 Å². The van der Waals surface area contributed by atoms with Gasteiger partial charge in [-0.2, -0.15) is 0 Å². The summed E-state index contributed by atoms with van der Waals surface area (Å²) in [6.07, 6.45) is 0. The second-order valence-corrected chi connectivity index (χ2v) is 4.74. The highest BCUT2D eigenvalue weighted by Gasteiger charge is 2.27. The van der Waals surface area contributed by atoms with Gasteiger partial charge in [0.2, 0.25) is 0 Å². The summed E-state index contributed by atoms with van der Waals surface area (Å²) in [5.74, 6) is -1.36. The summed E-state index contributed by atoms with van der Waals surface area (Å²) in [5, 5.41) is 2.75. The number of urea groups is 1. The van der Waals surface area contributed by atoms with E-state index in [0.717, 1.165) is 4.90 Å². The second-order valence-electron chi connectivity index (χ2n) is 3.95. The van der Waals surface area contributed by atoms with Crippen molar-refractivity contribution < 1.29 is 19.1 Å². The number of rotatable bonds is 3. The van der Waals surface area contributed by atoms with E-state index in [-0.39, 0.29) is 22.2 Å². The zero-order valence-corrected chi connectivity index (χ0v) is 11.7. The third kappa shape index (κ3) is 3.02. The molecule has 1 aliphatic heterocycles. The van der Waals surface area contributed by atoms with Crippen LogP contribution in [-0.4, -0.2) is 42.5 Å². The van der Waals surface area contributed by atoms with Crippen LogP contribution >= 0.6 is 23.2 Å². The van der Waals surface area contributed by atoms with Crippen molar-refractivity contribution in [3.05, 3.63) is 33.8 Å². The molecule has 0 aliphatic carbocycles. The topological polar surface area (TPSA) is 75.7 Å². The van der Waals surface area contributed by atoms with E-state index in [1.165, 1.54) is 12.1 Å². The van der Waals surface area contributed by atoms with Crippen molar-refractivity contribution in [1.29, 1.82) is 0 Å². The lowest BCUT2D eigenvalue weighted by Crippen LogP contribution is -2.37. The van der Waals surface area contributed by atoms with Gasteiger partial charge in [-0.05, 0) is 12.1 Å². The molecule has 1 aliphatic rings. The maximum Gasteiger partial charge on any atom is 0.340 e. The number of nitrogens with one attached hydrogen (secondary N) is 1. The minimum atomic E-state index is -0.773. The molecule has 0 spiro atoms. The maximum atomic E-state index is 11.8. The van der Waals surface area contributed by atoms with Crippen LogP contribution in [0.2, 0.25) is 10.0 Å². The third-order valence-electron chi connectivity index (χ3n) is 2.66. The van der Waals surface area contributed by atoms with Crippen LogP contribution in [0.1, 0.15) is 10.4 Å². The van der Waals surface area contributed by atoms with Crippen LogP contribution in [0.5, 0.6) is 0 Å². The zero-order chi connectivity index (χ0) is 14.7. The Hall–Kier alpha value is -1.79. The first-order valence-corrected chi connectivity index (χ1v) is 6.45. The number of hydrogen-bond donors (Lipinski definition) is 1. The molecular weight excluding hydrogens is 307 g/mol. The number of carbonyl (C=O) groups excluding carboxylic acids is 3. The molecule has 1 aromatic rings. The van der Waals surface area contributed by atoms with Crippen LogP contribution in [0.3, 0.4) is 0 Å². The summed E-state index contributed by atoms with van der Waals surface area (Å²) >= 11 is 11.6. The highest BCUT2D eigenvalue weighted by molar-refractivity contribution is 6.43. The molecule has 0 bridgehead atoms. The number of ether oxygens (including phenoxy) is 1. The van der Waals surface area contributed by atoms with Gasteiger partial charge in [-0.15, -0.1) is 0 Å². The highest BCUT2D eigenvalue weighted by Crippen LogP contribution is 2.25. The van der Waals surface area contributed by atoms with E-state index in [1.54, 1.807) is 6.07 Å². The molecule has 1 aromatic carbocycles. The number of amides is 3. The number of imide groups is 1. The molecule has 0 saturated carbocycles. The van der Waals surface area contributed by atoms with E-state index >= 15 is 0 Å². The predicted octanol–water partition coefficient (Wildman–Crippen LogP) is 1.70. The smallest absolute Gasteiger partial charge is 0.340 e. The Morgan fingerprint density at radius 2 is 2.10 bits per heavy atom. The van der Waals surface area contributed by atoms with E-state index in [4.69, 9.17) is 27.9 Å². The molecule has 6 nitrogen and oxygen atoms in total. The zero-order valence-electron chi connectivity index (χ0n) is 10.2. The largest absolute Gasteiger partial charge is 0.452 e. The lowest BCUT2D eigenvalue weighted by atomic mass is 10.2. The average Bonchev–Trinajstić information content (AvgIpc) is 2.85. The first-order valence-electron chi connectivity index (χ1n) is 5.70. The Balaban J connectivity index is 1.97. The standard InChI is InChI=1S/C12H10Cl2N2O4/c13-8-3-1-2-7(10(8)14)11(18)20-6-9(17)16-5-4-15-12(16)19/h1-3H,4-6H2,(H,15,19). The van der Waals surface area contributed by atoms with Crippen LogP contribution in [0.15, 0.2) is 18.2 Å². The molecule has 1 N–H and O–H groups in total. The molecule has 0 unspecified atom stereocenters. The normalized spacial score (nSPS) is 14.1. The molecule has 0 aromatic heterocycles. The minimum absolute atomic E-state index is 0.0607. The van der Waals surface area contributed by atoms with Crippen LogP contribution in [0.25, 0.3) is 0 Å².